The fourth-order valence-corrected chi connectivity index (χ4v) is 2.91. The molecule has 0 bridgehead atoms. The maximum Gasteiger partial charge on any atom is 0.261 e. The smallest absolute Gasteiger partial charge is 0.261 e. The normalized spacial score (nSPS) is 11.1. The van der Waals surface area contributed by atoms with Gasteiger partial charge in [0.15, 0.2) is 0 Å². The van der Waals surface area contributed by atoms with Crippen molar-refractivity contribution < 1.29 is 4.79 Å². The molecule has 2 aromatic heterocycles. The molecule has 0 aliphatic heterocycles. The number of carbonyl (C=O) groups is 1. The lowest BCUT2D eigenvalue weighted by Gasteiger charge is -2.12. The van der Waals surface area contributed by atoms with Gasteiger partial charge in [0.2, 0.25) is 5.43 Å². The van der Waals surface area contributed by atoms with E-state index in [1.807, 2.05) is 42.7 Å². The highest BCUT2D eigenvalue weighted by Gasteiger charge is 2.16. The summed E-state index contributed by atoms with van der Waals surface area (Å²) in [5.41, 5.74) is 3.13. The number of benzene rings is 1. The first-order valence-corrected chi connectivity index (χ1v) is 8.82. The molecular formula is C21H23N3O2. The minimum Gasteiger partial charge on any atom is -0.332 e. The minimum atomic E-state index is -0.406. The summed E-state index contributed by atoms with van der Waals surface area (Å²) in [5.74, 6) is 0.0184. The topological polar surface area (TPSA) is 64.0 Å². The monoisotopic (exact) mass is 349 g/mol. The predicted octanol–water partition coefficient (Wildman–Crippen LogP) is 4.10. The summed E-state index contributed by atoms with van der Waals surface area (Å²) in [6.07, 6.45) is 1.59. The number of pyridine rings is 2. The molecule has 1 N–H and O–H groups in total. The van der Waals surface area contributed by atoms with Crippen molar-refractivity contribution in [3.63, 3.8) is 0 Å². The number of fused-ring (bicyclic) bond motifs is 1. The number of nitrogens with zero attached hydrogens (tertiary/aromatic N) is 2. The van der Waals surface area contributed by atoms with Gasteiger partial charge in [0.05, 0.1) is 5.39 Å². The zero-order chi connectivity index (χ0) is 18.8. The largest absolute Gasteiger partial charge is 0.332 e. The molecule has 1 aromatic carbocycles. The number of rotatable bonds is 4. The maximum absolute atomic E-state index is 12.8. The van der Waals surface area contributed by atoms with Gasteiger partial charge >= 0.3 is 0 Å². The molecule has 1 amide bonds. The van der Waals surface area contributed by atoms with Crippen LogP contribution in [0.4, 0.5) is 5.69 Å². The second-order valence-electron chi connectivity index (χ2n) is 6.71. The molecule has 0 spiro atoms. The third-order valence-electron chi connectivity index (χ3n) is 4.48. The third-order valence-corrected chi connectivity index (χ3v) is 4.48. The summed E-state index contributed by atoms with van der Waals surface area (Å²) in [6.45, 7) is 8.69. The molecule has 0 saturated carbocycles. The molecule has 0 unspecified atom stereocenters. The van der Waals surface area contributed by atoms with Crippen molar-refractivity contribution in [2.45, 2.75) is 40.2 Å². The molecule has 5 heteroatoms. The molecule has 0 aliphatic rings. The molecule has 3 aromatic rings. The second-order valence-corrected chi connectivity index (χ2v) is 6.71. The minimum absolute atomic E-state index is 0.123. The van der Waals surface area contributed by atoms with Crippen LogP contribution in [0.3, 0.4) is 0 Å². The second kappa shape index (κ2) is 7.12. The zero-order valence-electron chi connectivity index (χ0n) is 15.5. The number of aryl methyl sites for hydroxylation is 2. The van der Waals surface area contributed by atoms with Crippen LogP contribution in [0.15, 0.2) is 47.4 Å². The Morgan fingerprint density at radius 1 is 1.15 bits per heavy atom. The molecule has 3 rings (SSSR count). The lowest BCUT2D eigenvalue weighted by atomic mass is 10.0. The Balaban J connectivity index is 1.99. The third kappa shape index (κ3) is 3.38. The van der Waals surface area contributed by atoms with Gasteiger partial charge in [-0.25, -0.2) is 4.98 Å². The highest BCUT2D eigenvalue weighted by molar-refractivity contribution is 6.05. The van der Waals surface area contributed by atoms with Gasteiger partial charge in [-0.05, 0) is 49.6 Å². The van der Waals surface area contributed by atoms with Crippen molar-refractivity contribution in [2.24, 2.45) is 0 Å². The van der Waals surface area contributed by atoms with Gasteiger partial charge in [0.25, 0.3) is 5.91 Å². The van der Waals surface area contributed by atoms with Gasteiger partial charge in [0.1, 0.15) is 11.2 Å². The summed E-state index contributed by atoms with van der Waals surface area (Å²) in [6, 6.07) is 11.2. The average molecular weight is 349 g/mol. The molecule has 0 fully saturated rings. The first kappa shape index (κ1) is 17.9. The Kier molecular flexibility index (Phi) is 4.89. The summed E-state index contributed by atoms with van der Waals surface area (Å²) < 4.78 is 1.83. The van der Waals surface area contributed by atoms with E-state index in [0.717, 1.165) is 5.69 Å². The number of aromatic nitrogens is 2. The molecule has 26 heavy (non-hydrogen) atoms. The molecule has 134 valence electrons. The Hall–Kier alpha value is -2.95. The molecule has 0 radical (unpaired) electrons. The number of anilines is 1. The molecule has 2 heterocycles. The highest BCUT2D eigenvalue weighted by atomic mass is 16.2. The summed E-state index contributed by atoms with van der Waals surface area (Å²) >= 11 is 0. The number of hydrogen-bond donors (Lipinski definition) is 1. The number of nitrogens with one attached hydrogen (secondary N) is 1. The SMILES string of the molecule is CCn1cc(C(=O)Nc2ccc(C(C)C)cc2)c(=O)c2ccc(C)nc21. The Morgan fingerprint density at radius 2 is 1.85 bits per heavy atom. The zero-order valence-corrected chi connectivity index (χ0v) is 15.5. The number of carbonyl (C=O) groups excluding carboxylic acids is 1. The van der Waals surface area contributed by atoms with E-state index in [0.29, 0.717) is 29.2 Å². The lowest BCUT2D eigenvalue weighted by Crippen LogP contribution is -2.24. The van der Waals surface area contributed by atoms with Crippen molar-refractivity contribution in [3.8, 4) is 0 Å². The van der Waals surface area contributed by atoms with Crippen molar-refractivity contribution in [2.75, 3.05) is 5.32 Å². The first-order valence-electron chi connectivity index (χ1n) is 8.82. The first-order chi connectivity index (χ1) is 12.4. The predicted molar refractivity (Wildman–Crippen MR) is 105 cm³/mol. The van der Waals surface area contributed by atoms with E-state index in [-0.39, 0.29) is 11.0 Å². The van der Waals surface area contributed by atoms with E-state index in [9.17, 15) is 9.59 Å². The quantitative estimate of drug-likeness (QED) is 0.771. The fraction of sp³-hybridized carbons (Fsp3) is 0.286. The lowest BCUT2D eigenvalue weighted by molar-refractivity contribution is 0.102. The summed E-state index contributed by atoms with van der Waals surface area (Å²) in [7, 11) is 0. The standard InChI is InChI=1S/C21H23N3O2/c1-5-24-12-18(19(25)17-11-6-14(4)22-20(17)24)21(26)23-16-9-7-15(8-10-16)13(2)3/h6-13H,5H2,1-4H3,(H,23,26). The van der Waals surface area contributed by atoms with Crippen LogP contribution < -0.4 is 10.7 Å². The van der Waals surface area contributed by atoms with Crippen molar-refractivity contribution in [3.05, 3.63) is 69.6 Å². The molecule has 0 saturated heterocycles. The van der Waals surface area contributed by atoms with Crippen LogP contribution in [0, 0.1) is 6.92 Å². The van der Waals surface area contributed by atoms with Crippen LogP contribution >= 0.6 is 0 Å². The van der Waals surface area contributed by atoms with Crippen molar-refractivity contribution in [1.29, 1.82) is 0 Å². The number of amides is 1. The molecule has 0 aliphatic carbocycles. The van der Waals surface area contributed by atoms with Crippen LogP contribution in [0.1, 0.15) is 48.3 Å². The van der Waals surface area contributed by atoms with Crippen LogP contribution in [-0.4, -0.2) is 15.5 Å². The Labute approximate surface area is 152 Å². The van der Waals surface area contributed by atoms with E-state index in [2.05, 4.69) is 24.1 Å². The van der Waals surface area contributed by atoms with Crippen molar-refractivity contribution in [1.82, 2.24) is 9.55 Å². The van der Waals surface area contributed by atoms with Crippen LogP contribution in [0.2, 0.25) is 0 Å². The van der Waals surface area contributed by atoms with E-state index in [1.165, 1.54) is 5.56 Å². The van der Waals surface area contributed by atoms with Gasteiger partial charge < -0.3 is 9.88 Å². The maximum atomic E-state index is 12.8. The Bertz CT molecular complexity index is 1020. The van der Waals surface area contributed by atoms with Gasteiger partial charge in [-0.2, -0.15) is 0 Å². The average Bonchev–Trinajstić information content (AvgIpc) is 2.62. The van der Waals surface area contributed by atoms with E-state index < -0.39 is 5.91 Å². The van der Waals surface area contributed by atoms with Crippen LogP contribution in [-0.2, 0) is 6.54 Å². The van der Waals surface area contributed by atoms with Gasteiger partial charge in [-0.1, -0.05) is 26.0 Å². The van der Waals surface area contributed by atoms with Crippen molar-refractivity contribution >= 4 is 22.6 Å². The van der Waals surface area contributed by atoms with E-state index in [4.69, 9.17) is 0 Å². The Morgan fingerprint density at radius 3 is 2.46 bits per heavy atom. The van der Waals surface area contributed by atoms with Gasteiger partial charge in [0, 0.05) is 24.1 Å². The van der Waals surface area contributed by atoms with E-state index in [1.54, 1.807) is 18.3 Å². The van der Waals surface area contributed by atoms with Gasteiger partial charge in [-0.3, -0.25) is 9.59 Å². The molecule has 0 atom stereocenters. The van der Waals surface area contributed by atoms with Gasteiger partial charge in [-0.15, -0.1) is 0 Å². The summed E-state index contributed by atoms with van der Waals surface area (Å²) in [4.78, 5) is 29.9. The highest BCUT2D eigenvalue weighted by Crippen LogP contribution is 2.18. The van der Waals surface area contributed by atoms with E-state index >= 15 is 0 Å². The summed E-state index contributed by atoms with van der Waals surface area (Å²) in [5, 5.41) is 3.28. The molecule has 5 nitrogen and oxygen atoms in total. The van der Waals surface area contributed by atoms with Crippen LogP contribution in [0.25, 0.3) is 11.0 Å². The van der Waals surface area contributed by atoms with Crippen LogP contribution in [0.5, 0.6) is 0 Å². The fourth-order valence-electron chi connectivity index (χ4n) is 2.91. The molecular weight excluding hydrogens is 326 g/mol. The number of hydrogen-bond acceptors (Lipinski definition) is 3.